The van der Waals surface area contributed by atoms with Gasteiger partial charge in [-0.15, -0.1) is 10.2 Å². The molecule has 0 unspecified atom stereocenters. The quantitative estimate of drug-likeness (QED) is 0.716. The van der Waals surface area contributed by atoms with Crippen molar-refractivity contribution in [1.29, 1.82) is 0 Å². The van der Waals surface area contributed by atoms with E-state index in [1.807, 2.05) is 13.8 Å². The first-order valence-corrected chi connectivity index (χ1v) is 4.41. The minimum absolute atomic E-state index is 0.116. The van der Waals surface area contributed by atoms with Crippen molar-refractivity contribution >= 4 is 0 Å². The van der Waals surface area contributed by atoms with Gasteiger partial charge in [-0.3, -0.25) is 0 Å². The van der Waals surface area contributed by atoms with Crippen molar-refractivity contribution in [3.8, 4) is 5.82 Å². The van der Waals surface area contributed by atoms with Crippen LogP contribution in [0.15, 0.2) is 6.33 Å². The van der Waals surface area contributed by atoms with E-state index >= 15 is 0 Å². The van der Waals surface area contributed by atoms with Crippen LogP contribution in [0.4, 0.5) is 0 Å². The first kappa shape index (κ1) is 9.66. The molecule has 0 saturated heterocycles. The highest BCUT2D eigenvalue weighted by Crippen LogP contribution is 2.15. The summed E-state index contributed by atoms with van der Waals surface area (Å²) in [4.78, 5) is 0. The molecule has 0 saturated carbocycles. The van der Waals surface area contributed by atoms with E-state index in [1.165, 1.54) is 11.0 Å². The Bertz CT molecular complexity index is 466. The van der Waals surface area contributed by atoms with E-state index in [0.29, 0.717) is 11.5 Å². The summed E-state index contributed by atoms with van der Waals surface area (Å²) < 4.78 is 1.44. The lowest BCUT2D eigenvalue weighted by atomic mass is 10.1. The summed E-state index contributed by atoms with van der Waals surface area (Å²) in [6, 6.07) is 0. The molecule has 0 spiro atoms. The number of nitrogens with zero attached hydrogens (tertiary/aromatic N) is 6. The zero-order valence-corrected chi connectivity index (χ0v) is 8.41. The van der Waals surface area contributed by atoms with Crippen LogP contribution in [-0.2, 0) is 6.61 Å². The van der Waals surface area contributed by atoms with Gasteiger partial charge in [0.2, 0.25) is 0 Å². The molecule has 7 nitrogen and oxygen atoms in total. The molecule has 2 aromatic heterocycles. The Hall–Kier alpha value is -1.89. The van der Waals surface area contributed by atoms with Crippen LogP contribution in [0.25, 0.3) is 5.82 Å². The molecule has 0 fully saturated rings. The number of aliphatic hydroxyl groups excluding tert-OH is 1. The van der Waals surface area contributed by atoms with Crippen LogP contribution in [-0.4, -0.2) is 35.5 Å². The summed E-state index contributed by atoms with van der Waals surface area (Å²) in [5.74, 6) is 0.578. The van der Waals surface area contributed by atoms with Crippen LogP contribution in [0.1, 0.15) is 16.8 Å². The van der Waals surface area contributed by atoms with Gasteiger partial charge in [0.25, 0.3) is 0 Å². The number of aliphatic hydroxyl groups is 1. The normalized spacial score (nSPS) is 10.6. The smallest absolute Gasteiger partial charge is 0.182 e. The maximum absolute atomic E-state index is 9.01. The molecular weight excluding hydrogens is 196 g/mol. The molecule has 0 aliphatic rings. The molecule has 1 N–H and O–H groups in total. The molecule has 0 atom stereocenters. The Morgan fingerprint density at radius 1 is 1.27 bits per heavy atom. The molecule has 0 amide bonds. The van der Waals surface area contributed by atoms with Gasteiger partial charge < -0.3 is 5.11 Å². The standard InChI is InChI=1S/C8H10N6O/c1-5-6(2)8(11-10-7(5)3-15)14-4-9-12-13-14/h4,15H,3H2,1-2H3. The third kappa shape index (κ3) is 1.57. The lowest BCUT2D eigenvalue weighted by Crippen LogP contribution is -2.08. The van der Waals surface area contributed by atoms with E-state index in [2.05, 4.69) is 25.7 Å². The summed E-state index contributed by atoms with van der Waals surface area (Å²) in [6.45, 7) is 3.65. The van der Waals surface area contributed by atoms with Crippen molar-refractivity contribution in [1.82, 2.24) is 30.4 Å². The number of rotatable bonds is 2. The largest absolute Gasteiger partial charge is 0.390 e. The summed E-state index contributed by atoms with van der Waals surface area (Å²) in [7, 11) is 0. The third-order valence-electron chi connectivity index (χ3n) is 2.31. The topological polar surface area (TPSA) is 89.6 Å². The molecule has 78 valence electrons. The molecule has 0 radical (unpaired) electrons. The number of aromatic nitrogens is 6. The highest BCUT2D eigenvalue weighted by Gasteiger charge is 2.10. The summed E-state index contributed by atoms with van der Waals surface area (Å²) in [5, 5.41) is 27.7. The Kier molecular flexibility index (Phi) is 2.38. The molecular formula is C8H10N6O. The average molecular weight is 206 g/mol. The van der Waals surface area contributed by atoms with E-state index in [9.17, 15) is 0 Å². The molecule has 0 aromatic carbocycles. The monoisotopic (exact) mass is 206 g/mol. The lowest BCUT2D eigenvalue weighted by molar-refractivity contribution is 0.274. The average Bonchev–Trinajstić information content (AvgIpc) is 2.75. The van der Waals surface area contributed by atoms with Crippen molar-refractivity contribution < 1.29 is 5.11 Å². The van der Waals surface area contributed by atoms with Gasteiger partial charge >= 0.3 is 0 Å². The number of hydrogen-bond acceptors (Lipinski definition) is 6. The van der Waals surface area contributed by atoms with Crippen molar-refractivity contribution in [3.05, 3.63) is 23.1 Å². The fourth-order valence-electron chi connectivity index (χ4n) is 1.27. The van der Waals surface area contributed by atoms with Crippen molar-refractivity contribution in [2.24, 2.45) is 0 Å². The summed E-state index contributed by atoms with van der Waals surface area (Å²) in [5.41, 5.74) is 2.38. The van der Waals surface area contributed by atoms with Crippen LogP contribution >= 0.6 is 0 Å². The second-order valence-electron chi connectivity index (χ2n) is 3.13. The molecule has 2 rings (SSSR count). The van der Waals surface area contributed by atoms with Gasteiger partial charge in [-0.2, -0.15) is 9.78 Å². The van der Waals surface area contributed by atoms with Crippen molar-refractivity contribution in [3.63, 3.8) is 0 Å². The fraction of sp³-hybridized carbons (Fsp3) is 0.375. The number of tetrazole rings is 1. The summed E-state index contributed by atoms with van der Waals surface area (Å²) >= 11 is 0. The molecule has 0 aliphatic carbocycles. The molecule has 0 aliphatic heterocycles. The van der Waals surface area contributed by atoms with Crippen LogP contribution in [0, 0.1) is 13.8 Å². The van der Waals surface area contributed by atoms with Gasteiger partial charge in [-0.25, -0.2) is 0 Å². The van der Waals surface area contributed by atoms with E-state index in [4.69, 9.17) is 5.11 Å². The highest BCUT2D eigenvalue weighted by atomic mass is 16.3. The number of hydrogen-bond donors (Lipinski definition) is 1. The van der Waals surface area contributed by atoms with Crippen LogP contribution in [0.2, 0.25) is 0 Å². The van der Waals surface area contributed by atoms with E-state index in [-0.39, 0.29) is 6.61 Å². The minimum Gasteiger partial charge on any atom is -0.390 e. The minimum atomic E-state index is -0.116. The maximum Gasteiger partial charge on any atom is 0.182 e. The Balaban J connectivity index is 2.56. The summed E-state index contributed by atoms with van der Waals surface area (Å²) in [6.07, 6.45) is 1.45. The Labute approximate surface area is 85.8 Å². The molecule has 0 bridgehead atoms. The lowest BCUT2D eigenvalue weighted by Gasteiger charge is -2.07. The molecule has 15 heavy (non-hydrogen) atoms. The Morgan fingerprint density at radius 3 is 2.67 bits per heavy atom. The Morgan fingerprint density at radius 2 is 2.07 bits per heavy atom. The van der Waals surface area contributed by atoms with Crippen molar-refractivity contribution in [2.45, 2.75) is 20.5 Å². The first-order valence-electron chi connectivity index (χ1n) is 4.41. The third-order valence-corrected chi connectivity index (χ3v) is 2.31. The maximum atomic E-state index is 9.01. The predicted molar refractivity (Wildman–Crippen MR) is 50.1 cm³/mol. The fourth-order valence-corrected chi connectivity index (χ4v) is 1.27. The highest BCUT2D eigenvalue weighted by molar-refractivity contribution is 5.38. The second kappa shape index (κ2) is 3.70. The van der Waals surface area contributed by atoms with E-state index in [0.717, 1.165) is 11.1 Å². The van der Waals surface area contributed by atoms with Crippen molar-refractivity contribution in [2.75, 3.05) is 0 Å². The molecule has 2 heterocycles. The molecule has 2 aromatic rings. The van der Waals surface area contributed by atoms with Gasteiger partial charge in [0.05, 0.1) is 12.3 Å². The first-order chi connectivity index (χ1) is 7.24. The SMILES string of the molecule is Cc1c(CO)nnc(-n2cnnn2)c1C. The van der Waals surface area contributed by atoms with Gasteiger partial charge in [-0.05, 0) is 29.8 Å². The van der Waals surface area contributed by atoms with Gasteiger partial charge in [0, 0.05) is 5.56 Å². The molecule has 7 heteroatoms. The van der Waals surface area contributed by atoms with Crippen LogP contribution < -0.4 is 0 Å². The van der Waals surface area contributed by atoms with Crippen LogP contribution in [0.5, 0.6) is 0 Å². The zero-order valence-electron chi connectivity index (χ0n) is 8.41. The van der Waals surface area contributed by atoms with E-state index in [1.54, 1.807) is 0 Å². The van der Waals surface area contributed by atoms with Gasteiger partial charge in [-0.1, -0.05) is 0 Å². The zero-order chi connectivity index (χ0) is 10.8. The van der Waals surface area contributed by atoms with Crippen LogP contribution in [0.3, 0.4) is 0 Å². The van der Waals surface area contributed by atoms with Gasteiger partial charge in [0.15, 0.2) is 5.82 Å². The van der Waals surface area contributed by atoms with E-state index < -0.39 is 0 Å². The van der Waals surface area contributed by atoms with Gasteiger partial charge in [0.1, 0.15) is 6.33 Å². The predicted octanol–water partition coefficient (Wildman–Crippen LogP) is -0.439. The second-order valence-corrected chi connectivity index (χ2v) is 3.13.